The van der Waals surface area contributed by atoms with E-state index in [0.717, 1.165) is 17.4 Å². The van der Waals surface area contributed by atoms with Crippen LogP contribution in [0, 0.1) is 0 Å². The van der Waals surface area contributed by atoms with Crippen LogP contribution in [0.5, 0.6) is 11.5 Å². The number of hydrogen-bond donors (Lipinski definition) is 0. The Balaban J connectivity index is 1.73. The molecule has 0 aromatic heterocycles. The van der Waals surface area contributed by atoms with E-state index in [9.17, 15) is 4.79 Å². The van der Waals surface area contributed by atoms with Crippen LogP contribution in [0.2, 0.25) is 10.0 Å². The van der Waals surface area contributed by atoms with Gasteiger partial charge in [-0.2, -0.15) is 0 Å². The molecule has 0 saturated carbocycles. The Morgan fingerprint density at radius 3 is 1.62 bits per heavy atom. The maximum atomic E-state index is 11.2. The number of ether oxygens (including phenoxy) is 2. The third-order valence-corrected chi connectivity index (χ3v) is 4.48. The smallest absolute Gasteiger partial charge is 0.150 e. The maximum absolute atomic E-state index is 11.2. The zero-order valence-electron chi connectivity index (χ0n) is 13.8. The molecule has 3 aromatic rings. The zero-order valence-corrected chi connectivity index (χ0v) is 15.3. The van der Waals surface area contributed by atoms with Crippen molar-refractivity contribution in [1.29, 1.82) is 0 Å². The Hall–Kier alpha value is -2.49. The van der Waals surface area contributed by atoms with Crippen LogP contribution in [-0.2, 0) is 13.2 Å². The van der Waals surface area contributed by atoms with Gasteiger partial charge in [0.25, 0.3) is 0 Å². The molecule has 0 radical (unpaired) electrons. The highest BCUT2D eigenvalue weighted by atomic mass is 35.5. The van der Waals surface area contributed by atoms with E-state index >= 15 is 0 Å². The van der Waals surface area contributed by atoms with Crippen molar-refractivity contribution in [3.8, 4) is 11.5 Å². The van der Waals surface area contributed by atoms with Crippen molar-refractivity contribution in [1.82, 2.24) is 0 Å². The van der Waals surface area contributed by atoms with Gasteiger partial charge in [0.05, 0.1) is 0 Å². The molecule has 0 fully saturated rings. The number of carbonyl (C=O) groups is 1. The number of halogens is 2. The van der Waals surface area contributed by atoms with Gasteiger partial charge in [-0.15, -0.1) is 0 Å². The Kier molecular flexibility index (Phi) is 6.16. The lowest BCUT2D eigenvalue weighted by Crippen LogP contribution is -2.00. The summed E-state index contributed by atoms with van der Waals surface area (Å²) in [7, 11) is 0. The van der Waals surface area contributed by atoms with Crippen molar-refractivity contribution in [2.24, 2.45) is 0 Å². The van der Waals surface area contributed by atoms with E-state index in [1.807, 2.05) is 36.4 Å². The second kappa shape index (κ2) is 8.75. The molecular formula is C21H16Cl2O3. The number of carbonyl (C=O) groups excluding carboxylic acids is 1. The van der Waals surface area contributed by atoms with Crippen molar-refractivity contribution in [2.75, 3.05) is 0 Å². The predicted octanol–water partition coefficient (Wildman–Crippen LogP) is 5.96. The molecule has 3 rings (SSSR count). The Labute approximate surface area is 162 Å². The minimum Gasteiger partial charge on any atom is -0.489 e. The summed E-state index contributed by atoms with van der Waals surface area (Å²) in [6.07, 6.45) is 0.755. The first-order chi connectivity index (χ1) is 12.7. The number of hydrogen-bond acceptors (Lipinski definition) is 3. The molecule has 5 heteroatoms. The average molecular weight is 387 g/mol. The minimum atomic E-state index is 0.298. The molecule has 0 aliphatic heterocycles. The molecule has 3 nitrogen and oxygen atoms in total. The molecule has 0 bridgehead atoms. The van der Waals surface area contributed by atoms with Crippen molar-refractivity contribution < 1.29 is 14.3 Å². The molecule has 0 N–H and O–H groups in total. The summed E-state index contributed by atoms with van der Waals surface area (Å²) in [5, 5.41) is 1.27. The second-order valence-electron chi connectivity index (χ2n) is 5.62. The maximum Gasteiger partial charge on any atom is 0.150 e. The quantitative estimate of drug-likeness (QED) is 0.469. The van der Waals surface area contributed by atoms with E-state index in [4.69, 9.17) is 32.7 Å². The highest BCUT2D eigenvalue weighted by molar-refractivity contribution is 6.31. The van der Waals surface area contributed by atoms with Gasteiger partial charge in [0.1, 0.15) is 31.0 Å². The summed E-state index contributed by atoms with van der Waals surface area (Å²) in [5.41, 5.74) is 2.20. The molecule has 0 amide bonds. The Morgan fingerprint density at radius 1 is 0.731 bits per heavy atom. The SMILES string of the molecule is O=Cc1cc(OCc2ccccc2Cl)cc(OCc2ccccc2Cl)c1. The molecule has 0 aliphatic carbocycles. The molecule has 0 heterocycles. The van der Waals surface area contributed by atoms with Crippen LogP contribution in [0.1, 0.15) is 21.5 Å². The fourth-order valence-corrected chi connectivity index (χ4v) is 2.76. The summed E-state index contributed by atoms with van der Waals surface area (Å²) >= 11 is 12.3. The third-order valence-electron chi connectivity index (χ3n) is 3.74. The lowest BCUT2D eigenvalue weighted by Gasteiger charge is -2.12. The lowest BCUT2D eigenvalue weighted by atomic mass is 10.2. The van der Waals surface area contributed by atoms with Gasteiger partial charge >= 0.3 is 0 Å². The molecule has 3 aromatic carbocycles. The van der Waals surface area contributed by atoms with Gasteiger partial charge in [0.2, 0.25) is 0 Å². The van der Waals surface area contributed by atoms with Gasteiger partial charge in [-0.05, 0) is 24.3 Å². The highest BCUT2D eigenvalue weighted by Gasteiger charge is 2.07. The second-order valence-corrected chi connectivity index (χ2v) is 6.43. The fraction of sp³-hybridized carbons (Fsp3) is 0.0952. The van der Waals surface area contributed by atoms with Crippen LogP contribution in [0.3, 0.4) is 0 Å². The standard InChI is InChI=1S/C21H16Cl2O3/c22-20-7-3-1-5-16(20)13-25-18-9-15(12-24)10-19(11-18)26-14-17-6-2-4-8-21(17)23/h1-12H,13-14H2. The predicted molar refractivity (Wildman–Crippen MR) is 103 cm³/mol. The van der Waals surface area contributed by atoms with E-state index < -0.39 is 0 Å². The molecule has 0 aliphatic rings. The number of rotatable bonds is 7. The molecule has 0 atom stereocenters. The molecule has 0 spiro atoms. The van der Waals surface area contributed by atoms with Crippen molar-refractivity contribution in [3.05, 3.63) is 93.5 Å². The van der Waals surface area contributed by atoms with Gasteiger partial charge in [-0.25, -0.2) is 0 Å². The third kappa shape index (κ3) is 4.78. The molecular weight excluding hydrogens is 371 g/mol. The van der Waals surface area contributed by atoms with Crippen molar-refractivity contribution in [3.63, 3.8) is 0 Å². The van der Waals surface area contributed by atoms with Gasteiger partial charge < -0.3 is 9.47 Å². The first-order valence-electron chi connectivity index (χ1n) is 7.98. The average Bonchev–Trinajstić information content (AvgIpc) is 2.66. The zero-order chi connectivity index (χ0) is 18.4. The van der Waals surface area contributed by atoms with E-state index in [1.165, 1.54) is 0 Å². The summed E-state index contributed by atoms with van der Waals surface area (Å²) in [4.78, 5) is 11.2. The van der Waals surface area contributed by atoms with Crippen LogP contribution in [0.15, 0.2) is 66.7 Å². The van der Waals surface area contributed by atoms with Gasteiger partial charge in [-0.3, -0.25) is 4.79 Å². The van der Waals surface area contributed by atoms with E-state index in [0.29, 0.717) is 40.3 Å². The van der Waals surface area contributed by atoms with E-state index in [1.54, 1.807) is 30.3 Å². The molecule has 26 heavy (non-hydrogen) atoms. The van der Waals surface area contributed by atoms with E-state index in [2.05, 4.69) is 0 Å². The summed E-state index contributed by atoms with van der Waals surface area (Å²) in [6, 6.07) is 20.0. The Bertz CT molecular complexity index is 842. The first-order valence-corrected chi connectivity index (χ1v) is 8.74. The topological polar surface area (TPSA) is 35.5 Å². The van der Waals surface area contributed by atoms with Gasteiger partial charge in [0.15, 0.2) is 0 Å². The first kappa shape index (κ1) is 18.3. The minimum absolute atomic E-state index is 0.298. The highest BCUT2D eigenvalue weighted by Crippen LogP contribution is 2.26. The van der Waals surface area contributed by atoms with E-state index in [-0.39, 0.29) is 0 Å². The van der Waals surface area contributed by atoms with Gasteiger partial charge in [-0.1, -0.05) is 59.6 Å². The fourth-order valence-electron chi connectivity index (χ4n) is 2.38. The Morgan fingerprint density at radius 2 is 1.19 bits per heavy atom. The molecule has 0 saturated heterocycles. The van der Waals surface area contributed by atoms with Crippen LogP contribution in [0.4, 0.5) is 0 Å². The monoisotopic (exact) mass is 386 g/mol. The van der Waals surface area contributed by atoms with Crippen LogP contribution < -0.4 is 9.47 Å². The van der Waals surface area contributed by atoms with Crippen molar-refractivity contribution in [2.45, 2.75) is 13.2 Å². The summed E-state index contributed by atoms with van der Waals surface area (Å²) < 4.78 is 11.6. The summed E-state index contributed by atoms with van der Waals surface area (Å²) in [5.74, 6) is 1.06. The lowest BCUT2D eigenvalue weighted by molar-refractivity contribution is 0.112. The summed E-state index contributed by atoms with van der Waals surface area (Å²) in [6.45, 7) is 0.595. The van der Waals surface area contributed by atoms with Crippen LogP contribution in [-0.4, -0.2) is 6.29 Å². The van der Waals surface area contributed by atoms with Gasteiger partial charge in [0, 0.05) is 32.8 Å². The number of benzene rings is 3. The van der Waals surface area contributed by atoms with Crippen molar-refractivity contribution >= 4 is 29.5 Å². The number of aldehydes is 1. The van der Waals surface area contributed by atoms with Crippen LogP contribution in [0.25, 0.3) is 0 Å². The largest absolute Gasteiger partial charge is 0.489 e. The molecule has 0 unspecified atom stereocenters. The van der Waals surface area contributed by atoms with Crippen LogP contribution >= 0.6 is 23.2 Å². The normalized spacial score (nSPS) is 10.4. The molecule has 132 valence electrons.